The molecule has 0 spiro atoms. The molecule has 3 heterocycles. The number of nitrogens with zero attached hydrogens (tertiary/aromatic N) is 3. The Bertz CT molecular complexity index is 593. The summed E-state index contributed by atoms with van der Waals surface area (Å²) in [4.78, 5) is 16.4. The van der Waals surface area contributed by atoms with Crippen molar-refractivity contribution in [1.82, 2.24) is 25.2 Å². The summed E-state index contributed by atoms with van der Waals surface area (Å²) in [6.45, 7) is 3.12. The first kappa shape index (κ1) is 12.1. The Kier molecular flexibility index (Phi) is 3.16. The maximum Gasteiger partial charge on any atom is 0.255 e. The minimum atomic E-state index is -0.0800. The van der Waals surface area contributed by atoms with Gasteiger partial charge in [-0.25, -0.2) is 4.52 Å². The summed E-state index contributed by atoms with van der Waals surface area (Å²) in [7, 11) is 0. The van der Waals surface area contributed by atoms with Crippen LogP contribution in [0.25, 0.3) is 5.52 Å². The van der Waals surface area contributed by atoms with Gasteiger partial charge in [-0.2, -0.15) is 5.10 Å². The Morgan fingerprint density at radius 2 is 2.42 bits per heavy atom. The normalized spacial score (nSPS) is 23.4. The lowest BCUT2D eigenvalue weighted by atomic mass is 9.99. The molecule has 0 aliphatic carbocycles. The molecule has 0 radical (unpaired) electrons. The molecule has 2 unspecified atom stereocenters. The van der Waals surface area contributed by atoms with Crippen molar-refractivity contribution >= 4 is 11.4 Å². The van der Waals surface area contributed by atoms with E-state index in [1.54, 1.807) is 29.3 Å². The molecule has 1 amide bonds. The number of aromatic nitrogens is 3. The first-order chi connectivity index (χ1) is 9.25. The Morgan fingerprint density at radius 1 is 1.53 bits per heavy atom. The van der Waals surface area contributed by atoms with Crippen LogP contribution in [0.15, 0.2) is 24.8 Å². The van der Waals surface area contributed by atoms with Crippen LogP contribution in [0.1, 0.15) is 30.1 Å². The maximum atomic E-state index is 12.3. The summed E-state index contributed by atoms with van der Waals surface area (Å²) < 4.78 is 1.66. The molecule has 19 heavy (non-hydrogen) atoms. The quantitative estimate of drug-likeness (QED) is 0.828. The van der Waals surface area contributed by atoms with E-state index in [0.29, 0.717) is 11.6 Å². The second-order valence-electron chi connectivity index (χ2n) is 4.93. The van der Waals surface area contributed by atoms with Gasteiger partial charge in [-0.05, 0) is 26.3 Å². The lowest BCUT2D eigenvalue weighted by Gasteiger charge is -2.30. The number of hydrogen-bond donors (Lipinski definition) is 2. The van der Waals surface area contributed by atoms with Gasteiger partial charge in [0.2, 0.25) is 0 Å². The van der Waals surface area contributed by atoms with Gasteiger partial charge in [-0.3, -0.25) is 9.78 Å². The van der Waals surface area contributed by atoms with E-state index in [1.165, 1.54) is 0 Å². The van der Waals surface area contributed by atoms with E-state index in [1.807, 2.05) is 0 Å². The van der Waals surface area contributed by atoms with E-state index in [0.717, 1.165) is 24.9 Å². The summed E-state index contributed by atoms with van der Waals surface area (Å²) in [6.07, 6.45) is 8.73. The van der Waals surface area contributed by atoms with Gasteiger partial charge in [-0.1, -0.05) is 0 Å². The molecule has 2 aromatic heterocycles. The fraction of sp³-hybridized carbons (Fsp3) is 0.462. The largest absolute Gasteiger partial charge is 0.348 e. The lowest BCUT2D eigenvalue weighted by molar-refractivity contribution is 0.0921. The van der Waals surface area contributed by atoms with Crippen molar-refractivity contribution in [2.75, 3.05) is 6.54 Å². The average Bonchev–Trinajstić information content (AvgIpc) is 2.85. The summed E-state index contributed by atoms with van der Waals surface area (Å²) in [6, 6.07) is 0.477. The zero-order valence-corrected chi connectivity index (χ0v) is 10.8. The van der Waals surface area contributed by atoms with Crippen molar-refractivity contribution in [3.63, 3.8) is 0 Å². The summed E-state index contributed by atoms with van der Waals surface area (Å²) >= 11 is 0. The van der Waals surface area contributed by atoms with Gasteiger partial charge >= 0.3 is 0 Å². The van der Waals surface area contributed by atoms with Crippen molar-refractivity contribution in [1.29, 1.82) is 0 Å². The van der Waals surface area contributed by atoms with Crippen molar-refractivity contribution in [3.8, 4) is 0 Å². The van der Waals surface area contributed by atoms with Crippen LogP contribution in [0.3, 0.4) is 0 Å². The number of fused-ring (bicyclic) bond motifs is 1. The van der Waals surface area contributed by atoms with E-state index in [2.05, 4.69) is 27.6 Å². The molecule has 2 aromatic rings. The Balaban J connectivity index is 1.80. The fourth-order valence-electron chi connectivity index (χ4n) is 2.50. The second kappa shape index (κ2) is 4.97. The SMILES string of the molecule is CC1NCCCC1NC(=O)c1cnn2ccncc12. The highest BCUT2D eigenvalue weighted by Crippen LogP contribution is 2.12. The standard InChI is InChI=1S/C13H17N5O/c1-9-11(3-2-4-15-9)17-13(19)10-7-16-18-6-5-14-8-12(10)18/h5-9,11,15H,2-4H2,1H3,(H,17,19). The van der Waals surface area contributed by atoms with Crippen molar-refractivity contribution < 1.29 is 4.79 Å². The molecule has 3 rings (SSSR count). The van der Waals surface area contributed by atoms with Crippen molar-refractivity contribution in [2.24, 2.45) is 0 Å². The second-order valence-corrected chi connectivity index (χ2v) is 4.93. The highest BCUT2D eigenvalue weighted by atomic mass is 16.1. The van der Waals surface area contributed by atoms with Gasteiger partial charge in [0.25, 0.3) is 5.91 Å². The van der Waals surface area contributed by atoms with Crippen LogP contribution in [0.4, 0.5) is 0 Å². The number of carbonyl (C=O) groups is 1. The van der Waals surface area contributed by atoms with Crippen LogP contribution in [0, 0.1) is 0 Å². The molecule has 0 bridgehead atoms. The first-order valence-electron chi connectivity index (χ1n) is 6.57. The van der Waals surface area contributed by atoms with Gasteiger partial charge in [-0.15, -0.1) is 0 Å². The predicted molar refractivity (Wildman–Crippen MR) is 70.9 cm³/mol. The molecule has 1 fully saturated rings. The fourth-order valence-corrected chi connectivity index (χ4v) is 2.50. The van der Waals surface area contributed by atoms with Crippen LogP contribution in [0.2, 0.25) is 0 Å². The van der Waals surface area contributed by atoms with Gasteiger partial charge in [0.15, 0.2) is 0 Å². The zero-order valence-electron chi connectivity index (χ0n) is 10.8. The van der Waals surface area contributed by atoms with Crippen molar-refractivity contribution in [2.45, 2.75) is 31.8 Å². The molecule has 1 aliphatic rings. The van der Waals surface area contributed by atoms with Crippen LogP contribution >= 0.6 is 0 Å². The first-order valence-corrected chi connectivity index (χ1v) is 6.57. The van der Waals surface area contributed by atoms with E-state index in [4.69, 9.17) is 0 Å². The third-order valence-corrected chi connectivity index (χ3v) is 3.65. The highest BCUT2D eigenvalue weighted by Gasteiger charge is 2.24. The monoisotopic (exact) mass is 259 g/mol. The molecule has 6 heteroatoms. The molecular formula is C13H17N5O. The van der Waals surface area contributed by atoms with Crippen LogP contribution < -0.4 is 10.6 Å². The third kappa shape index (κ3) is 2.31. The zero-order chi connectivity index (χ0) is 13.2. The van der Waals surface area contributed by atoms with E-state index in [-0.39, 0.29) is 11.9 Å². The molecule has 2 atom stereocenters. The number of nitrogens with one attached hydrogen (secondary N) is 2. The molecular weight excluding hydrogens is 242 g/mol. The summed E-state index contributed by atoms with van der Waals surface area (Å²) in [5.41, 5.74) is 1.31. The molecule has 6 nitrogen and oxygen atoms in total. The number of carbonyl (C=O) groups excluding carboxylic acids is 1. The number of piperidine rings is 1. The number of amides is 1. The molecule has 1 aliphatic heterocycles. The molecule has 100 valence electrons. The van der Waals surface area contributed by atoms with Gasteiger partial charge < -0.3 is 10.6 Å². The minimum Gasteiger partial charge on any atom is -0.348 e. The average molecular weight is 259 g/mol. The molecule has 0 aromatic carbocycles. The van der Waals surface area contributed by atoms with Crippen LogP contribution in [0.5, 0.6) is 0 Å². The van der Waals surface area contributed by atoms with E-state index < -0.39 is 0 Å². The van der Waals surface area contributed by atoms with Gasteiger partial charge in [0.05, 0.1) is 23.5 Å². The summed E-state index contributed by atoms with van der Waals surface area (Å²) in [5.74, 6) is -0.0800. The lowest BCUT2D eigenvalue weighted by Crippen LogP contribution is -2.51. The van der Waals surface area contributed by atoms with E-state index in [9.17, 15) is 4.79 Å². The Labute approximate surface area is 111 Å². The molecule has 0 saturated carbocycles. The Hall–Kier alpha value is -1.95. The third-order valence-electron chi connectivity index (χ3n) is 3.65. The summed E-state index contributed by atoms with van der Waals surface area (Å²) in [5, 5.41) is 10.6. The topological polar surface area (TPSA) is 71.3 Å². The van der Waals surface area contributed by atoms with Gasteiger partial charge in [0.1, 0.15) is 0 Å². The van der Waals surface area contributed by atoms with E-state index >= 15 is 0 Å². The highest BCUT2D eigenvalue weighted by molar-refractivity contribution is 6.00. The maximum absolute atomic E-state index is 12.3. The van der Waals surface area contributed by atoms with Crippen LogP contribution in [-0.4, -0.2) is 39.1 Å². The molecule has 1 saturated heterocycles. The van der Waals surface area contributed by atoms with Gasteiger partial charge in [0, 0.05) is 24.5 Å². The number of rotatable bonds is 2. The predicted octanol–water partition coefficient (Wildman–Crippen LogP) is 0.600. The van der Waals surface area contributed by atoms with Crippen molar-refractivity contribution in [3.05, 3.63) is 30.4 Å². The minimum absolute atomic E-state index is 0.0800. The number of hydrogen-bond acceptors (Lipinski definition) is 4. The smallest absolute Gasteiger partial charge is 0.255 e. The van der Waals surface area contributed by atoms with Crippen LogP contribution in [-0.2, 0) is 0 Å². The molecule has 2 N–H and O–H groups in total. The Morgan fingerprint density at radius 3 is 3.26 bits per heavy atom.